The molecule has 0 unspecified atom stereocenters. The number of carbonyl (C=O) groups excluding carboxylic acids is 2. The molecule has 40 heavy (non-hydrogen) atoms. The van der Waals surface area contributed by atoms with Crippen molar-refractivity contribution in [2.75, 3.05) is 12.3 Å². The standard InChI is InChI=1S/C30H25N7O3/c1-3-24(38)32-15-8-12-20-10-7-11-21-18-23(37(30(40)25(20)21)22-13-5-4-6-14-22)19(2)34-29(39)26-27(31)35-36-17-9-16-33-28(26)36/h3-7,9-11,13-14,16-19H,1,15H2,2H3,(H2,31,35)(H,32,38)(H,34,39)/t19-/m0/s1. The molecule has 0 saturated carbocycles. The van der Waals surface area contributed by atoms with Crippen LogP contribution in [0, 0.1) is 11.8 Å². The van der Waals surface area contributed by atoms with Gasteiger partial charge in [0.25, 0.3) is 11.5 Å². The second-order valence-corrected chi connectivity index (χ2v) is 8.88. The third kappa shape index (κ3) is 4.91. The molecule has 5 aromatic rings. The van der Waals surface area contributed by atoms with Crippen LogP contribution in [-0.4, -0.2) is 37.5 Å². The molecule has 4 N–H and O–H groups in total. The zero-order valence-corrected chi connectivity index (χ0v) is 21.6. The normalized spacial score (nSPS) is 11.4. The van der Waals surface area contributed by atoms with Crippen LogP contribution in [0.25, 0.3) is 22.1 Å². The molecule has 0 radical (unpaired) electrons. The van der Waals surface area contributed by atoms with E-state index in [1.165, 1.54) is 10.6 Å². The van der Waals surface area contributed by atoms with E-state index in [0.29, 0.717) is 33.4 Å². The summed E-state index contributed by atoms with van der Waals surface area (Å²) >= 11 is 0. The van der Waals surface area contributed by atoms with Gasteiger partial charge in [-0.05, 0) is 48.7 Å². The second kappa shape index (κ2) is 11.0. The van der Waals surface area contributed by atoms with Gasteiger partial charge in [-0.3, -0.25) is 19.0 Å². The fourth-order valence-electron chi connectivity index (χ4n) is 4.46. The van der Waals surface area contributed by atoms with Crippen LogP contribution in [-0.2, 0) is 4.79 Å². The number of benzene rings is 2. The molecule has 2 aromatic carbocycles. The minimum absolute atomic E-state index is 0.0508. The second-order valence-electron chi connectivity index (χ2n) is 8.88. The summed E-state index contributed by atoms with van der Waals surface area (Å²) in [7, 11) is 0. The Morgan fingerprint density at radius 1 is 1.15 bits per heavy atom. The van der Waals surface area contributed by atoms with Crippen molar-refractivity contribution in [2.24, 2.45) is 0 Å². The molecule has 0 aliphatic carbocycles. The molecule has 0 aliphatic heterocycles. The minimum Gasteiger partial charge on any atom is -0.381 e. The smallest absolute Gasteiger partial charge is 0.264 e. The average molecular weight is 532 g/mol. The summed E-state index contributed by atoms with van der Waals surface area (Å²) in [6.45, 7) is 5.32. The highest BCUT2D eigenvalue weighted by Gasteiger charge is 2.23. The monoisotopic (exact) mass is 531 g/mol. The number of nitrogens with one attached hydrogen (secondary N) is 2. The number of hydrogen-bond donors (Lipinski definition) is 3. The lowest BCUT2D eigenvalue weighted by molar-refractivity contribution is -0.116. The van der Waals surface area contributed by atoms with Crippen molar-refractivity contribution in [3.05, 3.63) is 113 Å². The van der Waals surface area contributed by atoms with Gasteiger partial charge in [-0.2, -0.15) is 0 Å². The maximum absolute atomic E-state index is 14.1. The van der Waals surface area contributed by atoms with E-state index in [1.807, 2.05) is 42.5 Å². The van der Waals surface area contributed by atoms with E-state index in [9.17, 15) is 14.4 Å². The molecule has 2 amide bonds. The highest BCUT2D eigenvalue weighted by Crippen LogP contribution is 2.24. The Kier molecular flexibility index (Phi) is 7.11. The van der Waals surface area contributed by atoms with E-state index in [4.69, 9.17) is 5.73 Å². The number of para-hydroxylation sites is 1. The quantitative estimate of drug-likeness (QED) is 0.228. The van der Waals surface area contributed by atoms with Gasteiger partial charge in [0.2, 0.25) is 5.91 Å². The van der Waals surface area contributed by atoms with Gasteiger partial charge in [-0.25, -0.2) is 9.50 Å². The molecule has 3 aromatic heterocycles. The van der Waals surface area contributed by atoms with Gasteiger partial charge >= 0.3 is 0 Å². The summed E-state index contributed by atoms with van der Waals surface area (Å²) in [6, 6.07) is 17.5. The lowest BCUT2D eigenvalue weighted by Gasteiger charge is -2.21. The Morgan fingerprint density at radius 3 is 2.73 bits per heavy atom. The van der Waals surface area contributed by atoms with Crippen molar-refractivity contribution in [2.45, 2.75) is 13.0 Å². The van der Waals surface area contributed by atoms with Crippen LogP contribution >= 0.6 is 0 Å². The first kappa shape index (κ1) is 25.9. The molecule has 0 saturated heterocycles. The van der Waals surface area contributed by atoms with Gasteiger partial charge < -0.3 is 16.4 Å². The van der Waals surface area contributed by atoms with Gasteiger partial charge in [0.1, 0.15) is 5.56 Å². The fraction of sp³-hybridized carbons (Fsp3) is 0.100. The first-order valence-electron chi connectivity index (χ1n) is 12.4. The van der Waals surface area contributed by atoms with E-state index >= 15 is 0 Å². The average Bonchev–Trinajstić information content (AvgIpc) is 3.31. The van der Waals surface area contributed by atoms with Crippen LogP contribution < -0.4 is 21.9 Å². The summed E-state index contributed by atoms with van der Waals surface area (Å²) in [5.74, 6) is 5.13. The van der Waals surface area contributed by atoms with Crippen molar-refractivity contribution >= 4 is 34.1 Å². The number of fused-ring (bicyclic) bond motifs is 2. The Balaban J connectivity index is 1.59. The highest BCUT2D eigenvalue weighted by atomic mass is 16.2. The third-order valence-corrected chi connectivity index (χ3v) is 6.29. The summed E-state index contributed by atoms with van der Waals surface area (Å²) in [5.41, 5.74) is 7.95. The molecule has 5 rings (SSSR count). The molecule has 3 heterocycles. The molecule has 198 valence electrons. The number of aromatic nitrogens is 4. The van der Waals surface area contributed by atoms with Crippen LogP contribution in [0.1, 0.15) is 34.6 Å². The lowest BCUT2D eigenvalue weighted by Crippen LogP contribution is -2.32. The summed E-state index contributed by atoms with van der Waals surface area (Å²) in [4.78, 5) is 43.1. The van der Waals surface area contributed by atoms with Gasteiger partial charge in [-0.1, -0.05) is 48.8 Å². The zero-order chi connectivity index (χ0) is 28.2. The number of nitrogens with two attached hydrogens (primary N) is 1. The topological polar surface area (TPSA) is 136 Å². The summed E-state index contributed by atoms with van der Waals surface area (Å²) in [5, 5.41) is 10.8. The molecular weight excluding hydrogens is 506 g/mol. The van der Waals surface area contributed by atoms with E-state index < -0.39 is 11.9 Å². The number of nitrogen functional groups attached to an aromatic ring is 1. The predicted octanol–water partition coefficient (Wildman–Crippen LogP) is 2.76. The molecule has 0 spiro atoms. The Morgan fingerprint density at radius 2 is 1.95 bits per heavy atom. The van der Waals surface area contributed by atoms with Crippen LogP contribution in [0.15, 0.2) is 90.5 Å². The molecule has 10 heteroatoms. The third-order valence-electron chi connectivity index (χ3n) is 6.29. The number of pyridine rings is 1. The minimum atomic E-state index is -0.605. The van der Waals surface area contributed by atoms with Gasteiger partial charge in [0, 0.05) is 29.3 Å². The number of amides is 2. The fourth-order valence-corrected chi connectivity index (χ4v) is 4.46. The van der Waals surface area contributed by atoms with E-state index in [-0.39, 0.29) is 29.4 Å². The SMILES string of the molecule is C=CC(=O)NCC#Cc1cccc2cc([C@H](C)NC(=O)c3c(N)nn4cccnc34)n(-c3ccccc3)c(=O)c12. The summed E-state index contributed by atoms with van der Waals surface area (Å²) in [6.07, 6.45) is 4.38. The van der Waals surface area contributed by atoms with Gasteiger partial charge in [0.05, 0.1) is 18.0 Å². The van der Waals surface area contributed by atoms with Crippen LogP contribution in [0.4, 0.5) is 5.82 Å². The maximum Gasteiger partial charge on any atom is 0.264 e. The number of rotatable bonds is 6. The Bertz CT molecular complexity index is 1900. The van der Waals surface area contributed by atoms with Crippen molar-refractivity contribution in [3.63, 3.8) is 0 Å². The molecule has 10 nitrogen and oxygen atoms in total. The number of carbonyl (C=O) groups is 2. The molecule has 0 fully saturated rings. The van der Waals surface area contributed by atoms with Crippen molar-refractivity contribution in [1.82, 2.24) is 29.8 Å². The molecule has 0 bridgehead atoms. The van der Waals surface area contributed by atoms with Gasteiger partial charge in [-0.15, -0.1) is 5.10 Å². The number of nitrogens with zero attached hydrogens (tertiary/aromatic N) is 4. The number of anilines is 1. The first-order chi connectivity index (χ1) is 19.4. The van der Waals surface area contributed by atoms with Crippen LogP contribution in [0.5, 0.6) is 0 Å². The van der Waals surface area contributed by atoms with Crippen molar-refractivity contribution in [1.29, 1.82) is 0 Å². The zero-order valence-electron chi connectivity index (χ0n) is 21.6. The molecule has 1 atom stereocenters. The van der Waals surface area contributed by atoms with E-state index in [0.717, 1.165) is 0 Å². The Labute approximate surface area is 229 Å². The van der Waals surface area contributed by atoms with E-state index in [2.05, 4.69) is 39.1 Å². The lowest BCUT2D eigenvalue weighted by atomic mass is 10.0. The highest BCUT2D eigenvalue weighted by molar-refractivity contribution is 6.04. The Hall–Kier alpha value is -5.69. The van der Waals surface area contributed by atoms with E-state index in [1.54, 1.807) is 42.1 Å². The predicted molar refractivity (Wildman–Crippen MR) is 153 cm³/mol. The largest absolute Gasteiger partial charge is 0.381 e. The van der Waals surface area contributed by atoms with Crippen molar-refractivity contribution < 1.29 is 9.59 Å². The maximum atomic E-state index is 14.1. The van der Waals surface area contributed by atoms with Crippen LogP contribution in [0.3, 0.4) is 0 Å². The molecule has 0 aliphatic rings. The van der Waals surface area contributed by atoms with Crippen LogP contribution in [0.2, 0.25) is 0 Å². The molecular formula is C30H25N7O3. The summed E-state index contributed by atoms with van der Waals surface area (Å²) < 4.78 is 3.01. The van der Waals surface area contributed by atoms with Gasteiger partial charge in [0.15, 0.2) is 11.5 Å². The number of hydrogen-bond acceptors (Lipinski definition) is 6. The van der Waals surface area contributed by atoms with Crippen molar-refractivity contribution in [3.8, 4) is 17.5 Å². The first-order valence-corrected chi connectivity index (χ1v) is 12.4.